The van der Waals surface area contributed by atoms with Crippen molar-refractivity contribution in [3.05, 3.63) is 62.6 Å². The summed E-state index contributed by atoms with van der Waals surface area (Å²) in [6.45, 7) is 3.32. The number of carbonyl (C=O) groups is 2. The second-order valence-electron chi connectivity index (χ2n) is 6.02. The lowest BCUT2D eigenvalue weighted by molar-refractivity contribution is 0.101. The van der Waals surface area contributed by atoms with Gasteiger partial charge in [0.15, 0.2) is 10.9 Å². The average Bonchev–Trinajstić information content (AvgIpc) is 3.41. The normalized spacial score (nSPS) is 10.8. The van der Waals surface area contributed by atoms with Crippen LogP contribution in [0.1, 0.15) is 32.0 Å². The van der Waals surface area contributed by atoms with Gasteiger partial charge in [-0.1, -0.05) is 41.7 Å². The third-order valence-electron chi connectivity index (χ3n) is 3.99. The predicted octanol–water partition coefficient (Wildman–Crippen LogP) is 5.76. The average molecular weight is 426 g/mol. The molecule has 1 aromatic carbocycles. The molecule has 0 unspecified atom stereocenters. The number of rotatable bonds is 5. The molecule has 0 spiro atoms. The van der Waals surface area contributed by atoms with Crippen molar-refractivity contribution >= 4 is 50.8 Å². The van der Waals surface area contributed by atoms with Crippen molar-refractivity contribution in [2.24, 2.45) is 0 Å². The molecule has 0 saturated carbocycles. The Bertz CT molecular complexity index is 1150. The molecular weight excluding hydrogens is 410 g/mol. The Labute approximate surface area is 173 Å². The lowest BCUT2D eigenvalue weighted by Gasteiger charge is -1.99. The van der Waals surface area contributed by atoms with Crippen LogP contribution in [0.2, 0.25) is 0 Å². The van der Waals surface area contributed by atoms with Crippen LogP contribution in [0.4, 0.5) is 5.13 Å². The zero-order chi connectivity index (χ0) is 19.7. The number of aryl methyl sites for hydroxylation is 1. The molecule has 140 valence electrons. The number of thiazole rings is 2. The van der Waals surface area contributed by atoms with Gasteiger partial charge in [0.25, 0.3) is 5.91 Å². The summed E-state index contributed by atoms with van der Waals surface area (Å²) in [6, 6.07) is 11.5. The first-order valence-corrected chi connectivity index (χ1v) is 11.0. The molecule has 1 amide bonds. The Morgan fingerprint density at radius 2 is 1.75 bits per heavy atom. The van der Waals surface area contributed by atoms with Gasteiger partial charge >= 0.3 is 0 Å². The standard InChI is InChI=1S/C20H15N3O2S3/c1-11-16(27-19(21-11)14-8-9-26-10-14)18(25)23-20-22-15(17(28-20)12(2)24)13-6-4-3-5-7-13/h3-10H,1-2H3,(H,22,23,25). The summed E-state index contributed by atoms with van der Waals surface area (Å²) in [5.74, 6) is -0.342. The molecule has 28 heavy (non-hydrogen) atoms. The highest BCUT2D eigenvalue weighted by Gasteiger charge is 2.21. The van der Waals surface area contributed by atoms with Crippen LogP contribution in [-0.2, 0) is 0 Å². The van der Waals surface area contributed by atoms with Crippen molar-refractivity contribution in [2.45, 2.75) is 13.8 Å². The van der Waals surface area contributed by atoms with Crippen molar-refractivity contribution in [1.29, 1.82) is 0 Å². The van der Waals surface area contributed by atoms with Crippen LogP contribution in [-0.4, -0.2) is 21.7 Å². The highest BCUT2D eigenvalue weighted by molar-refractivity contribution is 7.19. The first kappa shape index (κ1) is 18.7. The maximum absolute atomic E-state index is 12.8. The molecule has 0 saturated heterocycles. The van der Waals surface area contributed by atoms with Crippen LogP contribution in [0.3, 0.4) is 0 Å². The van der Waals surface area contributed by atoms with Gasteiger partial charge in [-0.05, 0) is 18.4 Å². The molecule has 0 atom stereocenters. The lowest BCUT2D eigenvalue weighted by Crippen LogP contribution is -2.11. The van der Waals surface area contributed by atoms with E-state index in [1.807, 2.05) is 54.1 Å². The molecule has 4 aromatic rings. The summed E-state index contributed by atoms with van der Waals surface area (Å²) in [4.78, 5) is 34.9. The SMILES string of the molecule is CC(=O)c1sc(NC(=O)c2sc(-c3ccsc3)nc2C)nc1-c1ccccc1. The minimum absolute atomic E-state index is 0.0782. The number of nitrogens with one attached hydrogen (secondary N) is 1. The van der Waals surface area contributed by atoms with Crippen LogP contribution in [0, 0.1) is 6.92 Å². The molecule has 0 aliphatic rings. The summed E-state index contributed by atoms with van der Waals surface area (Å²) in [7, 11) is 0. The van der Waals surface area contributed by atoms with E-state index in [0.29, 0.717) is 26.3 Å². The molecule has 0 aliphatic carbocycles. The van der Waals surface area contributed by atoms with Gasteiger partial charge in [-0.2, -0.15) is 11.3 Å². The third-order valence-corrected chi connectivity index (χ3v) is 6.95. The minimum Gasteiger partial charge on any atom is -0.297 e. The number of nitrogens with zero attached hydrogens (tertiary/aromatic N) is 2. The molecule has 8 heteroatoms. The molecule has 0 fully saturated rings. The Morgan fingerprint density at radius 1 is 0.964 bits per heavy atom. The van der Waals surface area contributed by atoms with Crippen molar-refractivity contribution < 1.29 is 9.59 Å². The van der Waals surface area contributed by atoms with Crippen LogP contribution in [0.5, 0.6) is 0 Å². The van der Waals surface area contributed by atoms with Crippen LogP contribution >= 0.6 is 34.0 Å². The highest BCUT2D eigenvalue weighted by Crippen LogP contribution is 2.33. The van der Waals surface area contributed by atoms with Gasteiger partial charge in [0, 0.05) is 23.4 Å². The molecular formula is C20H15N3O2S3. The van der Waals surface area contributed by atoms with E-state index in [0.717, 1.165) is 16.1 Å². The Balaban J connectivity index is 1.63. The van der Waals surface area contributed by atoms with Gasteiger partial charge in [-0.15, -0.1) is 11.3 Å². The summed E-state index contributed by atoms with van der Waals surface area (Å²) >= 11 is 4.13. The molecule has 0 bridgehead atoms. The van der Waals surface area contributed by atoms with Crippen LogP contribution < -0.4 is 5.32 Å². The number of aromatic nitrogens is 2. The minimum atomic E-state index is -0.264. The molecule has 0 radical (unpaired) electrons. The smallest absolute Gasteiger partial charge is 0.269 e. The number of carbonyl (C=O) groups excluding carboxylic acids is 2. The topological polar surface area (TPSA) is 72.0 Å². The fourth-order valence-electron chi connectivity index (χ4n) is 2.67. The number of benzene rings is 1. The number of amides is 1. The Kier molecular flexibility index (Phi) is 5.17. The van der Waals surface area contributed by atoms with Crippen LogP contribution in [0.25, 0.3) is 21.8 Å². The van der Waals surface area contributed by atoms with E-state index in [9.17, 15) is 9.59 Å². The molecule has 1 N–H and O–H groups in total. The van der Waals surface area contributed by atoms with E-state index < -0.39 is 0 Å². The summed E-state index contributed by atoms with van der Waals surface area (Å²) in [5, 5.41) is 8.04. The number of ketones is 1. The van der Waals surface area contributed by atoms with E-state index in [-0.39, 0.29) is 11.7 Å². The molecule has 0 aliphatic heterocycles. The molecule has 3 heterocycles. The number of hydrogen-bond acceptors (Lipinski definition) is 7. The van der Waals surface area contributed by atoms with Crippen LogP contribution in [0.15, 0.2) is 47.2 Å². The molecule has 5 nitrogen and oxygen atoms in total. The number of Topliss-reactive ketones (excluding diaryl/α,β-unsaturated/α-hetero) is 1. The van der Waals surface area contributed by atoms with Crippen molar-refractivity contribution in [1.82, 2.24) is 9.97 Å². The van der Waals surface area contributed by atoms with E-state index >= 15 is 0 Å². The van der Waals surface area contributed by atoms with Gasteiger partial charge in [-0.25, -0.2) is 9.97 Å². The van der Waals surface area contributed by atoms with Gasteiger partial charge < -0.3 is 0 Å². The van der Waals surface area contributed by atoms with E-state index in [4.69, 9.17) is 0 Å². The Hall–Kier alpha value is -2.68. The second-order valence-corrected chi connectivity index (χ2v) is 8.80. The largest absolute Gasteiger partial charge is 0.297 e. The van der Waals surface area contributed by atoms with Gasteiger partial charge in [0.05, 0.1) is 16.3 Å². The van der Waals surface area contributed by atoms with Gasteiger partial charge in [0.1, 0.15) is 9.88 Å². The maximum atomic E-state index is 12.8. The van der Waals surface area contributed by atoms with E-state index in [2.05, 4.69) is 15.3 Å². The lowest BCUT2D eigenvalue weighted by atomic mass is 10.1. The quantitative estimate of drug-likeness (QED) is 0.413. The second kappa shape index (κ2) is 7.75. The first-order chi connectivity index (χ1) is 13.5. The van der Waals surface area contributed by atoms with Gasteiger partial charge in [-0.3, -0.25) is 14.9 Å². The maximum Gasteiger partial charge on any atom is 0.269 e. The first-order valence-electron chi connectivity index (χ1n) is 8.41. The summed E-state index contributed by atoms with van der Waals surface area (Å²) in [6.07, 6.45) is 0. The van der Waals surface area contributed by atoms with E-state index in [1.165, 1.54) is 29.6 Å². The zero-order valence-corrected chi connectivity index (χ0v) is 17.5. The zero-order valence-electron chi connectivity index (χ0n) is 15.1. The molecule has 4 rings (SSSR count). The summed E-state index contributed by atoms with van der Waals surface area (Å²) < 4.78 is 0. The van der Waals surface area contributed by atoms with Crippen molar-refractivity contribution in [3.63, 3.8) is 0 Å². The van der Waals surface area contributed by atoms with Crippen molar-refractivity contribution in [2.75, 3.05) is 5.32 Å². The highest BCUT2D eigenvalue weighted by atomic mass is 32.1. The van der Waals surface area contributed by atoms with Gasteiger partial charge in [0.2, 0.25) is 0 Å². The number of thiophene rings is 1. The number of anilines is 1. The predicted molar refractivity (Wildman–Crippen MR) is 116 cm³/mol. The van der Waals surface area contributed by atoms with E-state index in [1.54, 1.807) is 11.3 Å². The molecule has 3 aromatic heterocycles. The fraction of sp³-hybridized carbons (Fsp3) is 0.100. The Morgan fingerprint density at radius 3 is 2.43 bits per heavy atom. The van der Waals surface area contributed by atoms with Crippen molar-refractivity contribution in [3.8, 4) is 21.8 Å². The third kappa shape index (κ3) is 3.66. The summed E-state index contributed by atoms with van der Waals surface area (Å²) in [5.41, 5.74) is 3.12. The fourth-order valence-corrected chi connectivity index (χ4v) is 5.23. The monoisotopic (exact) mass is 425 g/mol. The number of hydrogen-bond donors (Lipinski definition) is 1.